The minimum absolute atomic E-state index is 0.238. The van der Waals surface area contributed by atoms with Crippen LogP contribution in [-0.4, -0.2) is 36.1 Å². The number of alkyl halides is 3. The molecule has 0 radical (unpaired) electrons. The maximum atomic E-state index is 13.5. The van der Waals surface area contributed by atoms with Crippen molar-refractivity contribution in [2.24, 2.45) is 0 Å². The number of halogens is 3. The van der Waals surface area contributed by atoms with E-state index >= 15 is 0 Å². The Bertz CT molecular complexity index is 835. The van der Waals surface area contributed by atoms with Gasteiger partial charge in [-0.15, -0.1) is 0 Å². The van der Waals surface area contributed by atoms with Gasteiger partial charge in [-0.25, -0.2) is 4.68 Å². The second-order valence-corrected chi connectivity index (χ2v) is 5.74. The molecule has 2 atom stereocenters. The Balaban J connectivity index is 2.05. The molecule has 7 nitrogen and oxygen atoms in total. The summed E-state index contributed by atoms with van der Waals surface area (Å²) in [5.74, 6) is -1.06. The Kier molecular flexibility index (Phi) is 4.43. The van der Waals surface area contributed by atoms with E-state index in [1.165, 1.54) is 14.2 Å². The van der Waals surface area contributed by atoms with E-state index in [0.29, 0.717) is 21.7 Å². The molecule has 2 aromatic rings. The summed E-state index contributed by atoms with van der Waals surface area (Å²) >= 11 is 0. The molecule has 140 valence electrons. The molecule has 1 N–H and O–H groups in total. The number of carbonyl (C=O) groups excluding carboxylic acids is 1. The van der Waals surface area contributed by atoms with Crippen LogP contribution in [-0.2, 0) is 0 Å². The molecule has 0 saturated carbocycles. The molecule has 0 spiro atoms. The molecule has 0 fully saturated rings. The molecule has 1 aliphatic heterocycles. The van der Waals surface area contributed by atoms with Gasteiger partial charge in [0.15, 0.2) is 17.5 Å². The van der Waals surface area contributed by atoms with Crippen molar-refractivity contribution in [2.75, 3.05) is 19.5 Å². The number of methoxy groups -OCH3 is 2. The molecular weight excluding hydrogens is 355 g/mol. The lowest BCUT2D eigenvalue weighted by Gasteiger charge is -2.34. The van der Waals surface area contributed by atoms with Gasteiger partial charge in [0.05, 0.1) is 38.0 Å². The Labute approximate surface area is 146 Å². The number of carbonyl (C=O) groups is 1. The molecule has 26 heavy (non-hydrogen) atoms. The van der Waals surface area contributed by atoms with Crippen LogP contribution in [0.25, 0.3) is 0 Å². The van der Waals surface area contributed by atoms with Crippen molar-refractivity contribution in [2.45, 2.75) is 24.7 Å². The molecule has 1 aromatic carbocycles. The van der Waals surface area contributed by atoms with Gasteiger partial charge in [0.1, 0.15) is 5.82 Å². The first-order chi connectivity index (χ1) is 12.3. The van der Waals surface area contributed by atoms with Crippen molar-refractivity contribution in [1.82, 2.24) is 9.78 Å². The van der Waals surface area contributed by atoms with Gasteiger partial charge in [-0.1, -0.05) is 6.07 Å². The van der Waals surface area contributed by atoms with Crippen molar-refractivity contribution in [3.8, 4) is 11.5 Å². The van der Waals surface area contributed by atoms with E-state index in [1.807, 2.05) is 0 Å². The lowest BCUT2D eigenvalue weighted by molar-refractivity contribution is -0.255. The average molecular weight is 370 g/mol. The summed E-state index contributed by atoms with van der Waals surface area (Å²) in [4.78, 5) is 11.2. The standard InChI is InChI=1S/C16H16F3N3O4/c1-25-11-4-3-8(5-12(11)26-2)10-6-13(16(17,18)19)22-14(21-10)9(7-20-22)15(23)24/h3-5,7,10,13,21H,6H2,1-2H3,(H,23,24)/p-1/t10-,13+/m1/s1. The number of nitrogens with zero attached hydrogens (tertiary/aromatic N) is 2. The van der Waals surface area contributed by atoms with Crippen LogP contribution in [0.4, 0.5) is 19.0 Å². The van der Waals surface area contributed by atoms with Gasteiger partial charge in [0, 0.05) is 6.42 Å². The van der Waals surface area contributed by atoms with Gasteiger partial charge in [-0.05, 0) is 17.7 Å². The molecule has 3 rings (SSSR count). The second kappa shape index (κ2) is 6.43. The van der Waals surface area contributed by atoms with Crippen molar-refractivity contribution in [3.05, 3.63) is 35.5 Å². The molecule has 0 saturated heterocycles. The zero-order valence-corrected chi connectivity index (χ0v) is 13.8. The highest BCUT2D eigenvalue weighted by molar-refractivity contribution is 5.91. The van der Waals surface area contributed by atoms with Gasteiger partial charge in [-0.2, -0.15) is 18.3 Å². The predicted octanol–water partition coefficient (Wildman–Crippen LogP) is 1.92. The van der Waals surface area contributed by atoms with E-state index < -0.39 is 29.8 Å². The Morgan fingerprint density at radius 3 is 2.58 bits per heavy atom. The zero-order valence-electron chi connectivity index (χ0n) is 13.8. The minimum atomic E-state index is -4.60. The number of carboxylic acids is 1. The molecule has 0 amide bonds. The Morgan fingerprint density at radius 1 is 1.31 bits per heavy atom. The third-order valence-corrected chi connectivity index (χ3v) is 4.27. The lowest BCUT2D eigenvalue weighted by atomic mass is 9.96. The Morgan fingerprint density at radius 2 is 2.00 bits per heavy atom. The fraction of sp³-hybridized carbons (Fsp3) is 0.375. The van der Waals surface area contributed by atoms with E-state index in [2.05, 4.69) is 10.4 Å². The van der Waals surface area contributed by atoms with E-state index in [4.69, 9.17) is 9.47 Å². The molecule has 0 unspecified atom stereocenters. The van der Waals surface area contributed by atoms with Crippen LogP contribution < -0.4 is 19.9 Å². The van der Waals surface area contributed by atoms with Crippen LogP contribution in [0, 0.1) is 0 Å². The van der Waals surface area contributed by atoms with E-state index in [0.717, 1.165) is 6.20 Å². The van der Waals surface area contributed by atoms with Crippen molar-refractivity contribution in [1.29, 1.82) is 0 Å². The number of hydrogen-bond donors (Lipinski definition) is 1. The summed E-state index contributed by atoms with van der Waals surface area (Å²) in [6, 6.07) is 1.95. The lowest BCUT2D eigenvalue weighted by Crippen LogP contribution is -2.36. The quantitative estimate of drug-likeness (QED) is 0.885. The average Bonchev–Trinajstić information content (AvgIpc) is 3.03. The highest BCUT2D eigenvalue weighted by atomic mass is 19.4. The molecule has 2 heterocycles. The number of hydrogen-bond acceptors (Lipinski definition) is 6. The SMILES string of the molecule is COc1ccc([C@H]2C[C@@H](C(F)(F)F)n3ncc(C(=O)[O-])c3N2)cc1OC. The normalized spacial score (nSPS) is 19.4. The highest BCUT2D eigenvalue weighted by Crippen LogP contribution is 2.45. The number of ether oxygens (including phenoxy) is 2. The summed E-state index contributed by atoms with van der Waals surface area (Å²) in [6.45, 7) is 0. The van der Waals surface area contributed by atoms with Crippen molar-refractivity contribution in [3.63, 3.8) is 0 Å². The summed E-state index contributed by atoms with van der Waals surface area (Å²) in [6.07, 6.45) is -4.10. The van der Waals surface area contributed by atoms with Crippen LogP contribution in [0.3, 0.4) is 0 Å². The van der Waals surface area contributed by atoms with Crippen molar-refractivity contribution >= 4 is 11.8 Å². The Hall–Kier alpha value is -2.91. The van der Waals surface area contributed by atoms with E-state index in [-0.39, 0.29) is 12.2 Å². The molecule has 1 aliphatic rings. The third-order valence-electron chi connectivity index (χ3n) is 4.27. The van der Waals surface area contributed by atoms with Gasteiger partial charge in [0.25, 0.3) is 0 Å². The summed E-state index contributed by atoms with van der Waals surface area (Å²) in [7, 11) is 2.86. The smallest absolute Gasteiger partial charge is 0.410 e. The van der Waals surface area contributed by atoms with Crippen molar-refractivity contribution < 1.29 is 32.5 Å². The second-order valence-electron chi connectivity index (χ2n) is 5.74. The van der Waals surface area contributed by atoms with E-state index in [9.17, 15) is 23.1 Å². The molecule has 0 bridgehead atoms. The first kappa shape index (κ1) is 17.9. The fourth-order valence-corrected chi connectivity index (χ4v) is 3.00. The van der Waals surface area contributed by atoms with Gasteiger partial charge in [-0.3, -0.25) is 0 Å². The van der Waals surface area contributed by atoms with E-state index in [1.54, 1.807) is 18.2 Å². The number of benzene rings is 1. The predicted molar refractivity (Wildman–Crippen MR) is 82.2 cm³/mol. The van der Waals surface area contributed by atoms with Gasteiger partial charge >= 0.3 is 6.18 Å². The number of nitrogens with one attached hydrogen (secondary N) is 1. The number of aromatic nitrogens is 2. The van der Waals surface area contributed by atoms with Crippen LogP contribution in [0.1, 0.15) is 34.4 Å². The van der Waals surface area contributed by atoms with Crippen LogP contribution in [0.15, 0.2) is 24.4 Å². The maximum Gasteiger partial charge on any atom is 0.410 e. The molecule has 0 aliphatic carbocycles. The number of fused-ring (bicyclic) bond motifs is 1. The molecule has 10 heteroatoms. The van der Waals surface area contributed by atoms with Crippen LogP contribution in [0.2, 0.25) is 0 Å². The largest absolute Gasteiger partial charge is 0.545 e. The first-order valence-electron chi connectivity index (χ1n) is 7.60. The summed E-state index contributed by atoms with van der Waals surface area (Å²) in [5, 5.41) is 17.6. The van der Waals surface area contributed by atoms with Gasteiger partial charge < -0.3 is 24.7 Å². The number of carboxylic acid groups (broad SMARTS) is 1. The number of aromatic carboxylic acids is 1. The summed E-state index contributed by atoms with van der Waals surface area (Å²) < 4.78 is 51.4. The number of rotatable bonds is 4. The minimum Gasteiger partial charge on any atom is -0.545 e. The number of anilines is 1. The van der Waals surface area contributed by atoms with Crippen LogP contribution >= 0.6 is 0 Å². The molecular formula is C16H15F3N3O4-. The molecule has 1 aromatic heterocycles. The first-order valence-corrected chi connectivity index (χ1v) is 7.60. The zero-order chi connectivity index (χ0) is 19.1. The monoisotopic (exact) mass is 370 g/mol. The fourth-order valence-electron chi connectivity index (χ4n) is 3.00. The summed E-state index contributed by atoms with van der Waals surface area (Å²) in [5.41, 5.74) is 0.0677. The van der Waals surface area contributed by atoms with Crippen LogP contribution in [0.5, 0.6) is 11.5 Å². The van der Waals surface area contributed by atoms with Gasteiger partial charge in [0.2, 0.25) is 0 Å². The topological polar surface area (TPSA) is 88.4 Å². The highest BCUT2D eigenvalue weighted by Gasteiger charge is 2.47. The maximum absolute atomic E-state index is 13.5. The third kappa shape index (κ3) is 3.02.